The number of thiocarbonyl (C=S) groups is 1. The average Bonchev–Trinajstić information content (AvgIpc) is 3.15. The zero-order valence-electron chi connectivity index (χ0n) is 13.5. The van der Waals surface area contributed by atoms with Crippen LogP contribution in [0.4, 0.5) is 0 Å². The molecule has 0 aromatic heterocycles. The topological polar surface area (TPSA) is 49.9 Å². The lowest BCUT2D eigenvalue weighted by Gasteiger charge is -2.26. The van der Waals surface area contributed by atoms with Crippen LogP contribution in [0.15, 0.2) is 29.2 Å². The van der Waals surface area contributed by atoms with E-state index in [0.717, 1.165) is 23.0 Å². The van der Waals surface area contributed by atoms with Gasteiger partial charge in [-0.15, -0.1) is 0 Å². The summed E-state index contributed by atoms with van der Waals surface area (Å²) >= 11 is 7.08. The molecule has 0 unspecified atom stereocenters. The minimum atomic E-state index is -3.44. The van der Waals surface area contributed by atoms with E-state index in [2.05, 4.69) is 4.90 Å². The first kappa shape index (κ1) is 18.1. The van der Waals surface area contributed by atoms with E-state index in [9.17, 15) is 8.42 Å². The molecule has 0 N–H and O–H groups in total. The zero-order valence-corrected chi connectivity index (χ0v) is 16.0. The van der Waals surface area contributed by atoms with E-state index in [1.165, 1.54) is 17.1 Å². The van der Waals surface area contributed by atoms with Crippen LogP contribution in [0, 0.1) is 0 Å². The fourth-order valence-corrected chi connectivity index (χ4v) is 5.54. The van der Waals surface area contributed by atoms with E-state index >= 15 is 0 Å². The first-order valence-corrected chi connectivity index (χ1v) is 11.0. The number of hydrogen-bond donors (Lipinski definition) is 0. The molecule has 0 atom stereocenters. The Hall–Kier alpha value is -0.670. The highest BCUT2D eigenvalue weighted by atomic mass is 32.2. The summed E-state index contributed by atoms with van der Waals surface area (Å²) in [5.41, 5.74) is 0.982. The maximum absolute atomic E-state index is 12.7. The van der Waals surface area contributed by atoms with Crippen LogP contribution in [0.3, 0.4) is 0 Å². The highest BCUT2D eigenvalue weighted by Crippen LogP contribution is 2.23. The Morgan fingerprint density at radius 2 is 1.88 bits per heavy atom. The number of likely N-dealkylation sites (tertiary alicyclic amines) is 1. The van der Waals surface area contributed by atoms with Crippen molar-refractivity contribution in [1.29, 1.82) is 0 Å². The van der Waals surface area contributed by atoms with Crippen LogP contribution in [0.25, 0.3) is 0 Å². The quantitative estimate of drug-likeness (QED) is 0.740. The fourth-order valence-electron chi connectivity index (χ4n) is 2.87. The first-order chi connectivity index (χ1) is 11.6. The van der Waals surface area contributed by atoms with Crippen molar-refractivity contribution in [2.24, 2.45) is 0 Å². The van der Waals surface area contributed by atoms with Crippen LogP contribution >= 0.6 is 24.0 Å². The van der Waals surface area contributed by atoms with Gasteiger partial charge in [-0.3, -0.25) is 0 Å². The van der Waals surface area contributed by atoms with Gasteiger partial charge < -0.3 is 9.64 Å². The molecule has 2 aliphatic heterocycles. The van der Waals surface area contributed by atoms with Gasteiger partial charge in [0.05, 0.1) is 18.1 Å². The third-order valence-electron chi connectivity index (χ3n) is 4.23. The molecular formula is C16H22N2O3S3. The van der Waals surface area contributed by atoms with E-state index in [-0.39, 0.29) is 0 Å². The molecule has 0 amide bonds. The molecule has 2 saturated heterocycles. The van der Waals surface area contributed by atoms with Gasteiger partial charge in [0.25, 0.3) is 0 Å². The van der Waals surface area contributed by atoms with Crippen molar-refractivity contribution in [2.45, 2.75) is 23.5 Å². The molecule has 0 bridgehead atoms. The van der Waals surface area contributed by atoms with Gasteiger partial charge in [0.2, 0.25) is 10.0 Å². The smallest absolute Gasteiger partial charge is 0.243 e. The van der Waals surface area contributed by atoms with E-state index in [4.69, 9.17) is 17.0 Å². The van der Waals surface area contributed by atoms with E-state index in [0.29, 0.717) is 37.0 Å². The molecule has 2 fully saturated rings. The number of hydrogen-bond acceptors (Lipinski definition) is 5. The van der Waals surface area contributed by atoms with Crippen LogP contribution in [-0.4, -0.2) is 61.3 Å². The van der Waals surface area contributed by atoms with Crippen molar-refractivity contribution in [2.75, 3.05) is 39.4 Å². The van der Waals surface area contributed by atoms with Crippen LogP contribution in [0.5, 0.6) is 0 Å². The number of nitrogens with zero attached hydrogens (tertiary/aromatic N) is 2. The largest absolute Gasteiger partial charge is 0.379 e. The molecule has 1 aromatic carbocycles. The number of thioether (sulfide) groups is 1. The van der Waals surface area contributed by atoms with E-state index in [1.54, 1.807) is 23.9 Å². The lowest BCUT2D eigenvalue weighted by Crippen LogP contribution is -2.40. The van der Waals surface area contributed by atoms with Gasteiger partial charge in [0.15, 0.2) is 0 Å². The average molecular weight is 387 g/mol. The molecule has 0 aliphatic carbocycles. The van der Waals surface area contributed by atoms with Gasteiger partial charge in [0, 0.05) is 31.9 Å². The van der Waals surface area contributed by atoms with Crippen LogP contribution < -0.4 is 0 Å². The summed E-state index contributed by atoms with van der Waals surface area (Å²) in [4.78, 5) is 2.59. The van der Waals surface area contributed by atoms with Gasteiger partial charge in [0.1, 0.15) is 4.32 Å². The third kappa shape index (κ3) is 4.29. The Labute approximate surface area is 153 Å². The Bertz CT molecular complexity index is 682. The second kappa shape index (κ2) is 8.14. The van der Waals surface area contributed by atoms with Gasteiger partial charge in [-0.2, -0.15) is 4.31 Å². The zero-order chi connectivity index (χ0) is 17.0. The maximum atomic E-state index is 12.7. The van der Waals surface area contributed by atoms with Crippen molar-refractivity contribution >= 4 is 38.3 Å². The minimum absolute atomic E-state index is 0.356. The molecule has 0 spiro atoms. The van der Waals surface area contributed by atoms with Crippen LogP contribution in [-0.2, 0) is 20.5 Å². The van der Waals surface area contributed by atoms with Crippen molar-refractivity contribution in [3.63, 3.8) is 0 Å². The summed E-state index contributed by atoms with van der Waals surface area (Å²) in [5.74, 6) is 0.696. The van der Waals surface area contributed by atoms with Crippen LogP contribution in [0.2, 0.25) is 0 Å². The molecule has 132 valence electrons. The van der Waals surface area contributed by atoms with Gasteiger partial charge >= 0.3 is 0 Å². The fraction of sp³-hybridized carbons (Fsp3) is 0.562. The van der Waals surface area contributed by atoms with E-state index < -0.39 is 10.0 Å². The Kier molecular flexibility index (Phi) is 6.15. The van der Waals surface area contributed by atoms with Gasteiger partial charge in [-0.05, 0) is 30.5 Å². The Morgan fingerprint density at radius 1 is 1.17 bits per heavy atom. The molecule has 2 aliphatic rings. The van der Waals surface area contributed by atoms with Crippen molar-refractivity contribution < 1.29 is 13.2 Å². The first-order valence-electron chi connectivity index (χ1n) is 8.16. The predicted molar refractivity (Wildman–Crippen MR) is 101 cm³/mol. The number of benzene rings is 1. The highest BCUT2D eigenvalue weighted by Gasteiger charge is 2.26. The molecule has 0 radical (unpaired) electrons. The second-order valence-corrected chi connectivity index (χ2v) is 9.46. The van der Waals surface area contributed by atoms with E-state index in [1.807, 2.05) is 12.1 Å². The summed E-state index contributed by atoms with van der Waals surface area (Å²) in [5, 5.41) is 0. The third-order valence-corrected chi connectivity index (χ3v) is 7.72. The Balaban J connectivity index is 1.66. The second-order valence-electron chi connectivity index (χ2n) is 5.91. The summed E-state index contributed by atoms with van der Waals surface area (Å²) in [6.07, 6.45) is 2.40. The highest BCUT2D eigenvalue weighted by molar-refractivity contribution is 8.22. The lowest BCUT2D eigenvalue weighted by molar-refractivity contribution is 0.0730. The van der Waals surface area contributed by atoms with Gasteiger partial charge in [-0.1, -0.05) is 36.1 Å². The van der Waals surface area contributed by atoms with Crippen LogP contribution in [0.1, 0.15) is 18.4 Å². The normalized spacial score (nSPS) is 19.6. The SMILES string of the molecule is O=S(=O)(c1cccc(CSC(=S)N2CCCC2)c1)N1CCOCC1. The monoisotopic (exact) mass is 386 g/mol. The molecule has 5 nitrogen and oxygen atoms in total. The lowest BCUT2D eigenvalue weighted by atomic mass is 10.2. The molecule has 1 aromatic rings. The summed E-state index contributed by atoms with van der Waals surface area (Å²) in [6, 6.07) is 7.20. The maximum Gasteiger partial charge on any atom is 0.243 e. The Morgan fingerprint density at radius 3 is 2.58 bits per heavy atom. The molecule has 2 heterocycles. The summed E-state index contributed by atoms with van der Waals surface area (Å²) in [7, 11) is -3.44. The summed E-state index contributed by atoms with van der Waals surface area (Å²) in [6.45, 7) is 3.83. The van der Waals surface area contributed by atoms with Gasteiger partial charge in [-0.25, -0.2) is 8.42 Å². The van der Waals surface area contributed by atoms with Crippen molar-refractivity contribution in [3.05, 3.63) is 29.8 Å². The molecule has 24 heavy (non-hydrogen) atoms. The number of ether oxygens (including phenoxy) is 1. The standard InChI is InChI=1S/C16H22N2O3S3/c19-24(20,18-8-10-21-11-9-18)15-5-3-4-14(12-15)13-23-16(22)17-6-1-2-7-17/h3-5,12H,1-2,6-11,13H2. The number of morpholine rings is 1. The molecule has 3 rings (SSSR count). The molecular weight excluding hydrogens is 364 g/mol. The predicted octanol–water partition coefficient (Wildman–Crippen LogP) is 2.32. The number of rotatable bonds is 4. The van der Waals surface area contributed by atoms with Crippen molar-refractivity contribution in [3.8, 4) is 0 Å². The molecule has 0 saturated carbocycles. The summed E-state index contributed by atoms with van der Waals surface area (Å²) < 4.78 is 33.1. The minimum Gasteiger partial charge on any atom is -0.379 e. The van der Waals surface area contributed by atoms with Crippen molar-refractivity contribution in [1.82, 2.24) is 9.21 Å². The number of sulfonamides is 1. The molecule has 8 heteroatoms.